The van der Waals surface area contributed by atoms with Gasteiger partial charge >= 0.3 is 0 Å². The number of hydrogen-bond donors (Lipinski definition) is 0. The third-order valence-electron chi connectivity index (χ3n) is 4.90. The van der Waals surface area contributed by atoms with Crippen molar-refractivity contribution in [3.63, 3.8) is 0 Å². The van der Waals surface area contributed by atoms with Gasteiger partial charge in [0.1, 0.15) is 5.69 Å². The molecule has 4 aromatic rings. The zero-order valence-corrected chi connectivity index (χ0v) is 15.1. The first-order chi connectivity index (χ1) is 13.9. The van der Waals surface area contributed by atoms with E-state index in [1.54, 1.807) is 6.20 Å². The smallest absolute Gasteiger partial charge is 0.266 e. The molecule has 0 N–H and O–H groups in total. The van der Waals surface area contributed by atoms with Crippen LogP contribution < -0.4 is 4.90 Å². The van der Waals surface area contributed by atoms with Gasteiger partial charge in [0.2, 0.25) is 11.7 Å². The number of pyridine rings is 1. The summed E-state index contributed by atoms with van der Waals surface area (Å²) in [6.07, 6.45) is 3.50. The molecule has 1 aliphatic heterocycles. The van der Waals surface area contributed by atoms with Crippen molar-refractivity contribution in [2.45, 2.75) is 18.8 Å². The monoisotopic (exact) mass is 374 g/mol. The van der Waals surface area contributed by atoms with Crippen LogP contribution >= 0.6 is 0 Å². The second kappa shape index (κ2) is 7.22. The molecule has 3 aromatic heterocycles. The molecule has 4 heterocycles. The van der Waals surface area contributed by atoms with Gasteiger partial charge in [0.15, 0.2) is 0 Å². The van der Waals surface area contributed by atoms with Crippen molar-refractivity contribution >= 4 is 5.95 Å². The molecule has 1 fully saturated rings. The van der Waals surface area contributed by atoms with E-state index in [2.05, 4.69) is 30.2 Å². The largest absolute Gasteiger partial charge is 0.339 e. The maximum Gasteiger partial charge on any atom is 0.266 e. The summed E-state index contributed by atoms with van der Waals surface area (Å²) in [5.41, 5.74) is 1.64. The van der Waals surface area contributed by atoms with Gasteiger partial charge in [-0.25, -0.2) is 0 Å². The van der Waals surface area contributed by atoms with Crippen LogP contribution in [-0.4, -0.2) is 38.4 Å². The van der Waals surface area contributed by atoms with E-state index in [0.29, 0.717) is 23.6 Å². The zero-order chi connectivity index (χ0) is 18.8. The molecule has 0 aliphatic carbocycles. The van der Waals surface area contributed by atoms with Crippen LogP contribution in [0, 0.1) is 0 Å². The molecule has 0 atom stereocenters. The van der Waals surface area contributed by atoms with Crippen LogP contribution in [-0.2, 0) is 0 Å². The topological polar surface area (TPSA) is 94.0 Å². The fourth-order valence-electron chi connectivity index (χ4n) is 3.37. The maximum atomic E-state index is 5.49. The number of aromatic nitrogens is 5. The fourth-order valence-corrected chi connectivity index (χ4v) is 3.37. The highest BCUT2D eigenvalue weighted by Crippen LogP contribution is 2.30. The lowest BCUT2D eigenvalue weighted by atomic mass is 9.97. The van der Waals surface area contributed by atoms with Crippen LogP contribution in [0.5, 0.6) is 0 Å². The predicted molar refractivity (Wildman–Crippen MR) is 101 cm³/mol. The third-order valence-corrected chi connectivity index (χ3v) is 4.90. The van der Waals surface area contributed by atoms with Crippen LogP contribution in [0.25, 0.3) is 23.0 Å². The molecule has 28 heavy (non-hydrogen) atoms. The molecular weight excluding hydrogens is 356 g/mol. The third kappa shape index (κ3) is 3.24. The molecule has 0 bridgehead atoms. The van der Waals surface area contributed by atoms with Crippen molar-refractivity contribution in [2.24, 2.45) is 0 Å². The van der Waals surface area contributed by atoms with Gasteiger partial charge < -0.3 is 13.9 Å². The van der Waals surface area contributed by atoms with Gasteiger partial charge in [-0.15, -0.1) is 0 Å². The SMILES string of the molecule is c1ccc(-c2nc(N3CCC(c4nc(-c5ccccn5)no4)CC3)no2)cc1. The average Bonchev–Trinajstić information content (AvgIpc) is 3.46. The molecule has 8 heteroatoms. The summed E-state index contributed by atoms with van der Waals surface area (Å²) in [5.74, 6) is 2.58. The number of rotatable bonds is 4. The zero-order valence-electron chi connectivity index (χ0n) is 15.1. The summed E-state index contributed by atoms with van der Waals surface area (Å²) in [7, 11) is 0. The van der Waals surface area contributed by atoms with Crippen molar-refractivity contribution in [3.05, 3.63) is 60.6 Å². The Morgan fingerprint density at radius 2 is 1.68 bits per heavy atom. The maximum absolute atomic E-state index is 5.49. The summed E-state index contributed by atoms with van der Waals surface area (Å²) in [6, 6.07) is 15.4. The molecule has 1 aromatic carbocycles. The first-order valence-corrected chi connectivity index (χ1v) is 9.26. The molecule has 140 valence electrons. The summed E-state index contributed by atoms with van der Waals surface area (Å²) in [5, 5.41) is 8.21. The molecule has 0 spiro atoms. The van der Waals surface area contributed by atoms with Gasteiger partial charge in [0.05, 0.1) is 0 Å². The summed E-state index contributed by atoms with van der Waals surface area (Å²) >= 11 is 0. The molecule has 1 saturated heterocycles. The van der Waals surface area contributed by atoms with Crippen molar-refractivity contribution < 1.29 is 9.05 Å². The summed E-state index contributed by atoms with van der Waals surface area (Å²) in [4.78, 5) is 15.5. The summed E-state index contributed by atoms with van der Waals surface area (Å²) in [6.45, 7) is 1.61. The van der Waals surface area contributed by atoms with Gasteiger partial charge in [-0.1, -0.05) is 29.4 Å². The fraction of sp³-hybridized carbons (Fsp3) is 0.250. The van der Waals surface area contributed by atoms with E-state index in [9.17, 15) is 0 Å². The number of nitrogens with zero attached hydrogens (tertiary/aromatic N) is 6. The van der Waals surface area contributed by atoms with Crippen molar-refractivity contribution in [2.75, 3.05) is 18.0 Å². The van der Waals surface area contributed by atoms with E-state index in [4.69, 9.17) is 9.05 Å². The molecule has 0 unspecified atom stereocenters. The highest BCUT2D eigenvalue weighted by molar-refractivity contribution is 5.54. The lowest BCUT2D eigenvalue weighted by Crippen LogP contribution is -2.33. The Hall–Kier alpha value is -3.55. The Labute approximate surface area is 161 Å². The van der Waals surface area contributed by atoms with Crippen LogP contribution in [0.1, 0.15) is 24.7 Å². The average molecular weight is 374 g/mol. The number of hydrogen-bond acceptors (Lipinski definition) is 8. The van der Waals surface area contributed by atoms with Crippen LogP contribution in [0.2, 0.25) is 0 Å². The Kier molecular flexibility index (Phi) is 4.29. The van der Waals surface area contributed by atoms with E-state index >= 15 is 0 Å². The molecule has 5 rings (SSSR count). The quantitative estimate of drug-likeness (QED) is 0.535. The number of piperidine rings is 1. The lowest BCUT2D eigenvalue weighted by molar-refractivity contribution is 0.328. The first kappa shape index (κ1) is 16.6. The van der Waals surface area contributed by atoms with Crippen molar-refractivity contribution in [3.8, 4) is 23.0 Å². The van der Waals surface area contributed by atoms with E-state index in [1.165, 1.54) is 0 Å². The highest BCUT2D eigenvalue weighted by Gasteiger charge is 2.27. The predicted octanol–water partition coefficient (Wildman–Crippen LogP) is 3.57. The van der Waals surface area contributed by atoms with Crippen molar-refractivity contribution in [1.29, 1.82) is 0 Å². The number of anilines is 1. The van der Waals surface area contributed by atoms with E-state index in [1.807, 2.05) is 48.5 Å². The van der Waals surface area contributed by atoms with Gasteiger partial charge in [0.25, 0.3) is 11.8 Å². The summed E-state index contributed by atoms with van der Waals surface area (Å²) < 4.78 is 10.9. The normalized spacial score (nSPS) is 15.1. The van der Waals surface area contributed by atoms with E-state index < -0.39 is 0 Å². The molecule has 0 radical (unpaired) electrons. The molecular formula is C20H18N6O2. The van der Waals surface area contributed by atoms with Crippen molar-refractivity contribution in [1.82, 2.24) is 25.3 Å². The standard InChI is InChI=1S/C20H18N6O2/c1-2-6-14(7-3-1)19-23-20(25-28-19)26-12-9-15(10-13-26)18-22-17(24-27-18)16-8-4-5-11-21-16/h1-8,11,15H,9-10,12-13H2. The Morgan fingerprint density at radius 3 is 2.46 bits per heavy atom. The van der Waals surface area contributed by atoms with E-state index in [0.717, 1.165) is 37.2 Å². The minimum Gasteiger partial charge on any atom is -0.339 e. The molecule has 8 nitrogen and oxygen atoms in total. The number of benzene rings is 1. The second-order valence-electron chi connectivity index (χ2n) is 6.70. The minimum absolute atomic E-state index is 0.224. The molecule has 0 saturated carbocycles. The second-order valence-corrected chi connectivity index (χ2v) is 6.70. The lowest BCUT2D eigenvalue weighted by Gasteiger charge is -2.28. The van der Waals surface area contributed by atoms with E-state index in [-0.39, 0.29) is 5.92 Å². The van der Waals surface area contributed by atoms with Crippen LogP contribution in [0.4, 0.5) is 5.95 Å². The van der Waals surface area contributed by atoms with Gasteiger partial charge in [-0.05, 0) is 42.3 Å². The Morgan fingerprint density at radius 1 is 0.857 bits per heavy atom. The first-order valence-electron chi connectivity index (χ1n) is 9.26. The Bertz CT molecular complexity index is 953. The van der Waals surface area contributed by atoms with Gasteiger partial charge in [-0.3, -0.25) is 4.98 Å². The Balaban J connectivity index is 1.25. The van der Waals surface area contributed by atoms with Gasteiger partial charge in [-0.2, -0.15) is 9.97 Å². The minimum atomic E-state index is 0.224. The van der Waals surface area contributed by atoms with Crippen LogP contribution in [0.3, 0.4) is 0 Å². The molecule has 0 amide bonds. The van der Waals surface area contributed by atoms with Gasteiger partial charge in [0, 0.05) is 30.8 Å². The molecule has 1 aliphatic rings. The highest BCUT2D eigenvalue weighted by atomic mass is 16.5. The van der Waals surface area contributed by atoms with Crippen LogP contribution in [0.15, 0.2) is 63.8 Å².